The summed E-state index contributed by atoms with van der Waals surface area (Å²) in [5, 5.41) is 15.9. The highest BCUT2D eigenvalue weighted by molar-refractivity contribution is 5.29. The zero-order valence-corrected chi connectivity index (χ0v) is 25.6. The highest BCUT2D eigenvalue weighted by Crippen LogP contribution is 2.23. The van der Waals surface area contributed by atoms with Crippen LogP contribution in [0.25, 0.3) is 0 Å². The van der Waals surface area contributed by atoms with E-state index in [1.165, 1.54) is 34.5 Å². The Balaban J connectivity index is 0.000000568. The molecule has 0 aliphatic carbocycles. The fourth-order valence-corrected chi connectivity index (χ4v) is 3.27. The van der Waals surface area contributed by atoms with Crippen LogP contribution in [0.3, 0.4) is 0 Å². The summed E-state index contributed by atoms with van der Waals surface area (Å²) in [6, 6.07) is 3.81. The quantitative estimate of drug-likeness (QED) is 0.225. The zero-order valence-electron chi connectivity index (χ0n) is 25.6. The van der Waals surface area contributed by atoms with Gasteiger partial charge < -0.3 is 9.47 Å². The molecular weight excluding hydrogens is 599 g/mol. The van der Waals surface area contributed by atoms with E-state index in [1.807, 2.05) is 20.9 Å². The van der Waals surface area contributed by atoms with Gasteiger partial charge in [0.2, 0.25) is 11.8 Å². The van der Waals surface area contributed by atoms with Crippen LogP contribution in [0.2, 0.25) is 0 Å². The molecule has 0 N–H and O–H groups in total. The number of benzene rings is 1. The van der Waals surface area contributed by atoms with Gasteiger partial charge >= 0.3 is 12.8 Å². The van der Waals surface area contributed by atoms with Gasteiger partial charge in [-0.2, -0.15) is 47.1 Å². The first-order chi connectivity index (χ1) is 19.7. The highest BCUT2D eigenvalue weighted by Gasteiger charge is 2.29. The summed E-state index contributed by atoms with van der Waals surface area (Å²) in [7, 11) is 4.93. The third-order valence-electron chi connectivity index (χ3n) is 5.80. The Morgan fingerprint density at radius 1 is 0.682 bits per heavy atom. The molecule has 0 unspecified atom stereocenters. The van der Waals surface area contributed by atoms with Gasteiger partial charge in [-0.05, 0) is 60.6 Å². The van der Waals surface area contributed by atoms with E-state index >= 15 is 0 Å². The topological polar surface area (TPSA) is 84.8 Å². The summed E-state index contributed by atoms with van der Waals surface area (Å²) < 4.78 is 95.4. The lowest BCUT2D eigenvalue weighted by molar-refractivity contribution is -0.154. The molecule has 0 saturated carbocycles. The molecule has 9 nitrogen and oxygen atoms in total. The van der Waals surface area contributed by atoms with Crippen molar-refractivity contribution in [1.29, 1.82) is 0 Å². The molecule has 1 aromatic carbocycles. The smallest absolute Gasteiger partial charge is 0.422 e. The lowest BCUT2D eigenvalue weighted by Gasteiger charge is -2.09. The van der Waals surface area contributed by atoms with Crippen molar-refractivity contribution in [3.63, 3.8) is 0 Å². The Hall–Kier alpha value is -4.11. The molecule has 44 heavy (non-hydrogen) atoms. The van der Waals surface area contributed by atoms with Gasteiger partial charge in [-0.25, -0.2) is 18.1 Å². The number of halogens is 7. The van der Waals surface area contributed by atoms with E-state index in [0.29, 0.717) is 22.5 Å². The average Bonchev–Trinajstić information content (AvgIpc) is 3.41. The van der Waals surface area contributed by atoms with Crippen LogP contribution < -0.4 is 9.47 Å². The van der Waals surface area contributed by atoms with Crippen molar-refractivity contribution >= 4 is 0 Å². The number of alkyl halides is 5. The summed E-state index contributed by atoms with van der Waals surface area (Å²) in [4.78, 5) is 1.57. The zero-order chi connectivity index (χ0) is 33.2. The molecule has 0 aliphatic heterocycles. The van der Waals surface area contributed by atoms with Crippen LogP contribution in [-0.4, -0.2) is 53.9 Å². The van der Waals surface area contributed by atoms with E-state index in [-0.39, 0.29) is 24.8 Å². The van der Waals surface area contributed by atoms with Crippen molar-refractivity contribution in [2.45, 2.75) is 68.7 Å². The fraction of sp³-hybridized carbons (Fsp3) is 0.500. The monoisotopic (exact) mass is 639 g/mol. The maximum Gasteiger partial charge on any atom is 0.422 e. The summed E-state index contributed by atoms with van der Waals surface area (Å²) in [5.74, 6) is -0.688. The van der Waals surface area contributed by atoms with E-state index in [2.05, 4.69) is 29.9 Å². The van der Waals surface area contributed by atoms with Crippen molar-refractivity contribution in [2.24, 2.45) is 21.1 Å². The van der Waals surface area contributed by atoms with Gasteiger partial charge in [-0.3, -0.25) is 0 Å². The molecule has 4 rings (SSSR count). The van der Waals surface area contributed by atoms with Gasteiger partial charge in [0.15, 0.2) is 6.61 Å². The minimum atomic E-state index is -4.31. The van der Waals surface area contributed by atoms with Gasteiger partial charge in [0.25, 0.3) is 0 Å². The van der Waals surface area contributed by atoms with Crippen molar-refractivity contribution in [3.8, 4) is 11.8 Å². The second kappa shape index (κ2) is 17.3. The minimum absolute atomic E-state index is 0. The van der Waals surface area contributed by atoms with Crippen LogP contribution in [0.5, 0.6) is 11.8 Å². The predicted molar refractivity (Wildman–Crippen MR) is 152 cm³/mol. The van der Waals surface area contributed by atoms with Crippen molar-refractivity contribution < 1.29 is 40.2 Å². The second-order valence-electron chi connectivity index (χ2n) is 9.27. The molecule has 0 spiro atoms. The highest BCUT2D eigenvalue weighted by atomic mass is 19.4. The molecular formula is C28H40F7N7O2. The molecule has 4 aromatic rings. The number of rotatable bonds is 4. The fourth-order valence-electron chi connectivity index (χ4n) is 3.27. The lowest BCUT2D eigenvalue weighted by Crippen LogP contribution is -2.20. The van der Waals surface area contributed by atoms with Gasteiger partial charge in [-0.1, -0.05) is 13.5 Å². The Bertz CT molecular complexity index is 1420. The van der Waals surface area contributed by atoms with Crippen LogP contribution in [0, 0.1) is 60.1 Å². The standard InChI is InChI=1S/C8H11F3N2O.C7H10F2N2O.C7H6F2.C5H9N3.CH4/c1-5-6(2)12-13(3)7(5)14-4-8(9,10)11;1-4-5(2)10-11(3)6(4)12-7(8)9;1-5-6(8)3-2-4-7(5)9;1-4-5(2)7-8(3)6-4;/h4H2,1-3H3;7H,1-3H3;2-4H,1H3;1-3H3;1H4. The van der Waals surface area contributed by atoms with Crippen LogP contribution >= 0.6 is 0 Å². The van der Waals surface area contributed by atoms with Crippen LogP contribution in [0.15, 0.2) is 18.2 Å². The summed E-state index contributed by atoms with van der Waals surface area (Å²) >= 11 is 0. The second-order valence-corrected chi connectivity index (χ2v) is 9.27. The first-order valence-corrected chi connectivity index (χ1v) is 12.6. The van der Waals surface area contributed by atoms with E-state index in [4.69, 9.17) is 0 Å². The minimum Gasteiger partial charge on any atom is -0.468 e. The molecule has 16 heteroatoms. The Morgan fingerprint density at radius 2 is 1.09 bits per heavy atom. The van der Waals surface area contributed by atoms with E-state index in [9.17, 15) is 30.7 Å². The molecule has 248 valence electrons. The van der Waals surface area contributed by atoms with Crippen LogP contribution in [0.4, 0.5) is 30.7 Å². The summed E-state index contributed by atoms with van der Waals surface area (Å²) in [5.41, 5.74) is 4.75. The number of ether oxygens (including phenoxy) is 2. The van der Waals surface area contributed by atoms with Crippen LogP contribution in [0.1, 0.15) is 46.9 Å². The molecule has 0 saturated heterocycles. The number of aromatic nitrogens is 7. The molecule has 3 heterocycles. The molecule has 3 aromatic heterocycles. The van der Waals surface area contributed by atoms with Gasteiger partial charge in [-0.15, -0.1) is 0 Å². The van der Waals surface area contributed by atoms with Crippen molar-refractivity contribution in [2.75, 3.05) is 6.61 Å². The maximum atomic E-state index is 12.3. The Labute approximate surface area is 252 Å². The van der Waals surface area contributed by atoms with Gasteiger partial charge in [0, 0.05) is 37.8 Å². The largest absolute Gasteiger partial charge is 0.468 e. The summed E-state index contributed by atoms with van der Waals surface area (Å²) in [6.07, 6.45) is -4.31. The third kappa shape index (κ3) is 12.6. The van der Waals surface area contributed by atoms with Crippen molar-refractivity contribution in [3.05, 3.63) is 69.3 Å². The predicted octanol–water partition coefficient (Wildman–Crippen LogP) is 6.96. The van der Waals surface area contributed by atoms with Gasteiger partial charge in [0.1, 0.15) is 11.6 Å². The van der Waals surface area contributed by atoms with E-state index in [0.717, 1.165) is 11.4 Å². The first kappa shape index (κ1) is 39.9. The number of nitrogens with zero attached hydrogens (tertiary/aromatic N) is 7. The van der Waals surface area contributed by atoms with Crippen molar-refractivity contribution in [1.82, 2.24) is 34.6 Å². The number of aryl methyl sites for hydroxylation is 7. The lowest BCUT2D eigenvalue weighted by atomic mass is 10.2. The van der Waals surface area contributed by atoms with E-state index < -0.39 is 31.0 Å². The average molecular weight is 640 g/mol. The molecule has 0 radical (unpaired) electrons. The maximum absolute atomic E-state index is 12.3. The number of hydrogen-bond acceptors (Lipinski definition) is 6. The van der Waals surface area contributed by atoms with Crippen LogP contribution in [-0.2, 0) is 21.1 Å². The normalized spacial score (nSPS) is 10.5. The molecule has 0 aliphatic rings. The Kier molecular flexibility index (Phi) is 15.6. The molecule has 0 bridgehead atoms. The first-order valence-electron chi connectivity index (χ1n) is 12.6. The number of hydrogen-bond donors (Lipinski definition) is 0. The SMILES string of the molecule is C.Cc1c(F)cccc1F.Cc1nn(C)c(OC(F)F)c1C.Cc1nn(C)c(OCC(F)(F)F)c1C.Cc1nn(C)nc1C. The van der Waals surface area contributed by atoms with E-state index in [1.54, 1.807) is 46.6 Å². The molecule has 0 amide bonds. The third-order valence-corrected chi connectivity index (χ3v) is 5.80. The summed E-state index contributed by atoms with van der Waals surface area (Å²) in [6.45, 7) is 8.05. The Morgan fingerprint density at radius 3 is 1.36 bits per heavy atom. The van der Waals surface area contributed by atoms with Gasteiger partial charge in [0.05, 0.1) is 22.8 Å². The molecule has 0 fully saturated rings. The molecule has 0 atom stereocenters.